The Hall–Kier alpha value is -4.05. The van der Waals surface area contributed by atoms with Gasteiger partial charge in [-0.15, -0.1) is 0 Å². The van der Waals surface area contributed by atoms with Gasteiger partial charge in [0.15, 0.2) is 11.5 Å². The van der Waals surface area contributed by atoms with E-state index in [-0.39, 0.29) is 29.1 Å². The number of carbonyl (C=O) groups is 2. The summed E-state index contributed by atoms with van der Waals surface area (Å²) in [5.41, 5.74) is 2.88. The highest BCUT2D eigenvalue weighted by atomic mass is 32.2. The van der Waals surface area contributed by atoms with E-state index in [1.54, 1.807) is 19.1 Å². The molecule has 0 radical (unpaired) electrons. The smallest absolute Gasteiger partial charge is 0.264 e. The average Bonchev–Trinajstić information content (AvgIpc) is 3.50. The van der Waals surface area contributed by atoms with Crippen LogP contribution in [0.3, 0.4) is 0 Å². The van der Waals surface area contributed by atoms with E-state index in [0.717, 1.165) is 46.7 Å². The summed E-state index contributed by atoms with van der Waals surface area (Å²) in [4.78, 5) is 28.9. The Morgan fingerprint density at radius 1 is 0.907 bits per heavy atom. The normalized spacial score (nSPS) is 14.2. The molecule has 2 amide bonds. The van der Waals surface area contributed by atoms with Crippen LogP contribution in [0.15, 0.2) is 71.6 Å². The lowest BCUT2D eigenvalue weighted by molar-refractivity contribution is -0.139. The summed E-state index contributed by atoms with van der Waals surface area (Å²) >= 11 is 0. The molecule has 0 heterocycles. The molecule has 1 N–H and O–H groups in total. The van der Waals surface area contributed by atoms with Gasteiger partial charge in [-0.1, -0.05) is 49.2 Å². The fraction of sp³-hybridized carbons (Fsp3) is 0.394. The van der Waals surface area contributed by atoms with Crippen molar-refractivity contribution in [1.82, 2.24) is 10.2 Å². The lowest BCUT2D eigenvalue weighted by atomic mass is 10.1. The Bertz CT molecular complexity index is 1520. The van der Waals surface area contributed by atoms with Crippen LogP contribution < -0.4 is 19.1 Å². The number of ether oxygens (including phenoxy) is 2. The molecular formula is C33H41N3O6S. The fourth-order valence-electron chi connectivity index (χ4n) is 5.48. The van der Waals surface area contributed by atoms with Crippen molar-refractivity contribution in [2.24, 2.45) is 0 Å². The summed E-state index contributed by atoms with van der Waals surface area (Å²) in [6, 6.07) is 18.4. The molecule has 10 heteroatoms. The molecule has 0 spiro atoms. The quantitative estimate of drug-likeness (QED) is 0.311. The Morgan fingerprint density at radius 3 is 2.14 bits per heavy atom. The maximum Gasteiger partial charge on any atom is 0.264 e. The molecule has 1 fully saturated rings. The van der Waals surface area contributed by atoms with Crippen LogP contribution in [0.2, 0.25) is 0 Å². The van der Waals surface area contributed by atoms with Crippen LogP contribution in [0.5, 0.6) is 11.5 Å². The van der Waals surface area contributed by atoms with Gasteiger partial charge in [0.25, 0.3) is 10.0 Å². The van der Waals surface area contributed by atoms with E-state index in [9.17, 15) is 18.0 Å². The van der Waals surface area contributed by atoms with Crippen LogP contribution in [-0.2, 0) is 26.2 Å². The molecule has 3 aromatic rings. The van der Waals surface area contributed by atoms with Crippen molar-refractivity contribution in [2.75, 3.05) is 25.1 Å². The number of benzene rings is 3. The molecule has 1 aliphatic rings. The van der Waals surface area contributed by atoms with Crippen LogP contribution in [-0.4, -0.2) is 58.0 Å². The molecule has 230 valence electrons. The fourth-order valence-corrected chi connectivity index (χ4v) is 6.90. The summed E-state index contributed by atoms with van der Waals surface area (Å²) in [5.74, 6) is -0.122. The summed E-state index contributed by atoms with van der Waals surface area (Å²) in [5, 5.41) is 3.09. The van der Waals surface area contributed by atoms with Crippen molar-refractivity contribution in [2.45, 2.75) is 70.0 Å². The second kappa shape index (κ2) is 13.9. The third-order valence-corrected chi connectivity index (χ3v) is 9.55. The lowest BCUT2D eigenvalue weighted by Crippen LogP contribution is -2.52. The highest BCUT2D eigenvalue weighted by Crippen LogP contribution is 2.33. The number of methoxy groups -OCH3 is 2. The predicted octanol–water partition coefficient (Wildman–Crippen LogP) is 4.99. The Kier molecular flexibility index (Phi) is 10.3. The standard InChI is InChI=1S/C33H41N3O6S/c1-23-17-24(2)19-28(18-23)36(43(39,40)29-15-16-30(41-4)31(20-29)42-5)22-32(37)35(21-26-11-7-6-8-12-26)25(3)33(38)34-27-13-9-10-14-27/h6-8,11-12,15-20,25,27H,9-10,13-14,21-22H2,1-5H3,(H,34,38)/t25-/m0/s1. The molecule has 1 saturated carbocycles. The van der Waals surface area contributed by atoms with Gasteiger partial charge >= 0.3 is 0 Å². The summed E-state index contributed by atoms with van der Waals surface area (Å²) in [6.45, 7) is 5.08. The van der Waals surface area contributed by atoms with Crippen molar-refractivity contribution in [3.05, 3.63) is 83.4 Å². The van der Waals surface area contributed by atoms with Crippen LogP contribution >= 0.6 is 0 Å². The minimum atomic E-state index is -4.26. The van der Waals surface area contributed by atoms with E-state index in [1.807, 2.05) is 50.2 Å². The number of amides is 2. The number of anilines is 1. The van der Waals surface area contributed by atoms with Gasteiger partial charge < -0.3 is 19.7 Å². The highest BCUT2D eigenvalue weighted by Gasteiger charge is 2.34. The molecule has 1 atom stereocenters. The minimum Gasteiger partial charge on any atom is -0.493 e. The van der Waals surface area contributed by atoms with E-state index >= 15 is 0 Å². The van der Waals surface area contributed by atoms with Crippen molar-refractivity contribution in [3.8, 4) is 11.5 Å². The van der Waals surface area contributed by atoms with Crippen LogP contribution in [0.1, 0.15) is 49.3 Å². The SMILES string of the molecule is COc1ccc(S(=O)(=O)N(CC(=O)N(Cc2ccccc2)[C@@H](C)C(=O)NC2CCCC2)c2cc(C)cc(C)c2)cc1OC. The summed E-state index contributed by atoms with van der Waals surface area (Å²) in [7, 11) is -1.36. The molecule has 9 nitrogen and oxygen atoms in total. The molecule has 43 heavy (non-hydrogen) atoms. The van der Waals surface area contributed by atoms with Gasteiger partial charge in [-0.05, 0) is 74.6 Å². The zero-order chi connectivity index (χ0) is 31.1. The zero-order valence-electron chi connectivity index (χ0n) is 25.5. The Balaban J connectivity index is 1.73. The van der Waals surface area contributed by atoms with Crippen LogP contribution in [0.25, 0.3) is 0 Å². The number of carbonyl (C=O) groups excluding carboxylic acids is 2. The molecule has 3 aromatic carbocycles. The van der Waals surface area contributed by atoms with E-state index in [1.165, 1.54) is 37.3 Å². The van der Waals surface area contributed by atoms with Crippen molar-refractivity contribution in [1.29, 1.82) is 0 Å². The van der Waals surface area contributed by atoms with Crippen LogP contribution in [0, 0.1) is 13.8 Å². The van der Waals surface area contributed by atoms with E-state index in [4.69, 9.17) is 9.47 Å². The predicted molar refractivity (Wildman–Crippen MR) is 167 cm³/mol. The molecular weight excluding hydrogens is 566 g/mol. The first-order chi connectivity index (χ1) is 20.5. The number of rotatable bonds is 12. The van der Waals surface area contributed by atoms with Gasteiger partial charge in [-0.3, -0.25) is 13.9 Å². The molecule has 0 unspecified atom stereocenters. The minimum absolute atomic E-state index is 0.0567. The highest BCUT2D eigenvalue weighted by molar-refractivity contribution is 7.92. The number of hydrogen-bond acceptors (Lipinski definition) is 6. The summed E-state index contributed by atoms with van der Waals surface area (Å²) in [6.07, 6.45) is 3.94. The van der Waals surface area contributed by atoms with Crippen molar-refractivity contribution in [3.63, 3.8) is 0 Å². The third-order valence-electron chi connectivity index (χ3n) is 7.78. The molecule has 0 aliphatic heterocycles. The lowest BCUT2D eigenvalue weighted by Gasteiger charge is -2.32. The maximum atomic E-state index is 14.3. The van der Waals surface area contributed by atoms with E-state index in [2.05, 4.69) is 5.32 Å². The average molecular weight is 608 g/mol. The second-order valence-corrected chi connectivity index (χ2v) is 12.9. The van der Waals surface area contributed by atoms with Crippen molar-refractivity contribution < 1.29 is 27.5 Å². The Labute approximate surface area is 254 Å². The molecule has 4 rings (SSSR count). The topological polar surface area (TPSA) is 105 Å². The number of nitrogens with zero attached hydrogens (tertiary/aromatic N) is 2. The third kappa shape index (κ3) is 7.67. The number of nitrogens with one attached hydrogen (secondary N) is 1. The van der Waals surface area contributed by atoms with Gasteiger partial charge in [-0.2, -0.15) is 0 Å². The van der Waals surface area contributed by atoms with Crippen LogP contribution in [0.4, 0.5) is 5.69 Å². The van der Waals surface area contributed by atoms with Gasteiger partial charge in [0.2, 0.25) is 11.8 Å². The van der Waals surface area contributed by atoms with Gasteiger partial charge in [0.05, 0.1) is 24.8 Å². The largest absolute Gasteiger partial charge is 0.493 e. The number of hydrogen-bond donors (Lipinski definition) is 1. The second-order valence-electron chi connectivity index (χ2n) is 11.0. The first-order valence-corrected chi connectivity index (χ1v) is 15.9. The first kappa shape index (κ1) is 31.9. The molecule has 0 aromatic heterocycles. The summed E-state index contributed by atoms with van der Waals surface area (Å²) < 4.78 is 40.3. The van der Waals surface area contributed by atoms with Crippen molar-refractivity contribution >= 4 is 27.5 Å². The van der Waals surface area contributed by atoms with Gasteiger partial charge in [-0.25, -0.2) is 8.42 Å². The maximum absolute atomic E-state index is 14.3. The monoisotopic (exact) mass is 607 g/mol. The zero-order valence-corrected chi connectivity index (χ0v) is 26.3. The van der Waals surface area contributed by atoms with E-state index < -0.39 is 28.5 Å². The molecule has 1 aliphatic carbocycles. The number of aryl methyl sites for hydroxylation is 2. The first-order valence-electron chi connectivity index (χ1n) is 14.5. The molecule has 0 saturated heterocycles. The molecule has 0 bridgehead atoms. The van der Waals surface area contributed by atoms with Gasteiger partial charge in [0.1, 0.15) is 12.6 Å². The van der Waals surface area contributed by atoms with Gasteiger partial charge in [0, 0.05) is 18.7 Å². The number of sulfonamides is 1. The Morgan fingerprint density at radius 2 is 1.53 bits per heavy atom. The van der Waals surface area contributed by atoms with E-state index in [0.29, 0.717) is 11.4 Å².